The second-order valence-electron chi connectivity index (χ2n) is 9.11. The fourth-order valence-electron chi connectivity index (χ4n) is 4.17. The minimum atomic E-state index is -0.473. The molecular formula is C27H22FN7OS. The van der Waals surface area contributed by atoms with Gasteiger partial charge in [0, 0.05) is 34.1 Å². The third kappa shape index (κ3) is 4.15. The molecule has 10 heteroatoms. The van der Waals surface area contributed by atoms with Crippen LogP contribution in [0.2, 0.25) is 0 Å². The van der Waals surface area contributed by atoms with Gasteiger partial charge in [0.05, 0.1) is 22.3 Å². The van der Waals surface area contributed by atoms with Crippen molar-refractivity contribution in [2.75, 3.05) is 5.32 Å². The Kier molecular flexibility index (Phi) is 5.53. The zero-order chi connectivity index (χ0) is 25.7. The van der Waals surface area contributed by atoms with E-state index in [2.05, 4.69) is 43.5 Å². The molecule has 5 aromatic heterocycles. The first-order valence-corrected chi connectivity index (χ1v) is 12.5. The molecule has 0 aliphatic carbocycles. The van der Waals surface area contributed by atoms with Crippen LogP contribution in [0.1, 0.15) is 18.7 Å². The van der Waals surface area contributed by atoms with Crippen LogP contribution < -0.4 is 5.32 Å². The minimum Gasteiger partial charge on any atom is -0.337 e. The molecule has 0 bridgehead atoms. The topological polar surface area (TPSA) is 112 Å². The van der Waals surface area contributed by atoms with Crippen molar-refractivity contribution in [3.05, 3.63) is 65.7 Å². The maximum absolute atomic E-state index is 15.2. The number of aryl methyl sites for hydroxylation is 1. The third-order valence-electron chi connectivity index (χ3n) is 6.09. The van der Waals surface area contributed by atoms with Gasteiger partial charge in [-0.1, -0.05) is 13.8 Å². The fourth-order valence-corrected chi connectivity index (χ4v) is 5.04. The SMILES string of the molecule is Cc1ccc(-c2nccc3[nH]c(-c4[nH]nc5c(F)cc(-c6cncc(NC(=O)C(C)C)c6)cc45)nc23)s1. The number of pyridine rings is 2. The molecule has 0 radical (unpaired) electrons. The maximum atomic E-state index is 15.2. The van der Waals surface area contributed by atoms with E-state index in [0.717, 1.165) is 21.6 Å². The van der Waals surface area contributed by atoms with Crippen LogP contribution in [0, 0.1) is 18.7 Å². The molecule has 6 rings (SSSR count). The van der Waals surface area contributed by atoms with Crippen molar-refractivity contribution in [1.82, 2.24) is 30.1 Å². The monoisotopic (exact) mass is 511 g/mol. The van der Waals surface area contributed by atoms with Crippen LogP contribution in [0.5, 0.6) is 0 Å². The van der Waals surface area contributed by atoms with Crippen molar-refractivity contribution >= 4 is 44.9 Å². The Morgan fingerprint density at radius 1 is 1.08 bits per heavy atom. The van der Waals surface area contributed by atoms with Gasteiger partial charge in [-0.3, -0.25) is 19.9 Å². The van der Waals surface area contributed by atoms with Gasteiger partial charge in [-0.25, -0.2) is 9.37 Å². The minimum absolute atomic E-state index is 0.117. The lowest BCUT2D eigenvalue weighted by Crippen LogP contribution is -2.17. The number of rotatable bonds is 5. The number of nitrogens with zero attached hydrogens (tertiary/aromatic N) is 4. The van der Waals surface area contributed by atoms with E-state index in [-0.39, 0.29) is 17.3 Å². The van der Waals surface area contributed by atoms with Gasteiger partial charge in [-0.2, -0.15) is 5.10 Å². The molecule has 0 saturated heterocycles. The summed E-state index contributed by atoms with van der Waals surface area (Å²) < 4.78 is 15.2. The van der Waals surface area contributed by atoms with Crippen molar-refractivity contribution in [1.29, 1.82) is 0 Å². The van der Waals surface area contributed by atoms with Gasteiger partial charge in [0.15, 0.2) is 11.6 Å². The summed E-state index contributed by atoms with van der Waals surface area (Å²) in [5.41, 5.74) is 4.94. The summed E-state index contributed by atoms with van der Waals surface area (Å²) >= 11 is 1.65. The normalized spacial score (nSPS) is 11.6. The van der Waals surface area contributed by atoms with Gasteiger partial charge in [0.25, 0.3) is 0 Å². The van der Waals surface area contributed by atoms with Gasteiger partial charge >= 0.3 is 0 Å². The number of H-pyrrole nitrogens is 2. The first-order chi connectivity index (χ1) is 17.9. The highest BCUT2D eigenvalue weighted by molar-refractivity contribution is 7.15. The number of hydrogen-bond acceptors (Lipinski definition) is 6. The molecule has 8 nitrogen and oxygen atoms in total. The van der Waals surface area contributed by atoms with Crippen LogP contribution in [0.15, 0.2) is 55.0 Å². The number of hydrogen-bond donors (Lipinski definition) is 3. The molecule has 0 spiro atoms. The standard InChI is InChI=1S/C27H22FN7OS/c1-13(2)27(36)31-17-8-16(11-29-12-17)15-9-18-22(19(28)10-15)34-35-23(18)26-32-20-6-7-30-25(24(20)33-26)21-5-4-14(3)37-21/h4-13H,1-3H3,(H,31,36)(H,32,33)(H,34,35). The van der Waals surface area contributed by atoms with Crippen LogP contribution in [0.25, 0.3) is 55.2 Å². The zero-order valence-electron chi connectivity index (χ0n) is 20.3. The van der Waals surface area contributed by atoms with E-state index in [1.54, 1.807) is 36.0 Å². The predicted molar refractivity (Wildman–Crippen MR) is 144 cm³/mol. The van der Waals surface area contributed by atoms with Crippen LogP contribution in [0.4, 0.5) is 10.1 Å². The molecule has 184 valence electrons. The van der Waals surface area contributed by atoms with Crippen LogP contribution in [-0.2, 0) is 4.79 Å². The van der Waals surface area contributed by atoms with E-state index >= 15 is 4.39 Å². The summed E-state index contributed by atoms with van der Waals surface area (Å²) in [7, 11) is 0. The van der Waals surface area contributed by atoms with Gasteiger partial charge in [-0.15, -0.1) is 11.3 Å². The number of anilines is 1. The second kappa shape index (κ2) is 8.90. The smallest absolute Gasteiger partial charge is 0.226 e. The van der Waals surface area contributed by atoms with E-state index < -0.39 is 5.82 Å². The molecule has 1 aromatic carbocycles. The number of carbonyl (C=O) groups excluding carboxylic acids is 1. The highest BCUT2D eigenvalue weighted by atomic mass is 32.1. The second-order valence-corrected chi connectivity index (χ2v) is 10.4. The third-order valence-corrected chi connectivity index (χ3v) is 7.09. The van der Waals surface area contributed by atoms with Crippen molar-refractivity contribution in [2.45, 2.75) is 20.8 Å². The highest BCUT2D eigenvalue weighted by Crippen LogP contribution is 2.35. The molecule has 0 unspecified atom stereocenters. The lowest BCUT2D eigenvalue weighted by molar-refractivity contribution is -0.118. The molecule has 3 N–H and O–H groups in total. The Morgan fingerprint density at radius 2 is 1.95 bits per heavy atom. The summed E-state index contributed by atoms with van der Waals surface area (Å²) in [4.78, 5) is 31.3. The molecule has 0 saturated carbocycles. The Morgan fingerprint density at radius 3 is 2.73 bits per heavy atom. The number of aromatic nitrogens is 6. The molecule has 5 heterocycles. The van der Waals surface area contributed by atoms with E-state index in [1.807, 2.05) is 32.0 Å². The zero-order valence-corrected chi connectivity index (χ0v) is 21.1. The molecule has 37 heavy (non-hydrogen) atoms. The molecule has 0 atom stereocenters. The molecule has 0 aliphatic rings. The summed E-state index contributed by atoms with van der Waals surface area (Å²) in [6, 6.07) is 11.0. The molecule has 0 fully saturated rings. The highest BCUT2D eigenvalue weighted by Gasteiger charge is 2.19. The number of thiophene rings is 1. The molecular weight excluding hydrogens is 489 g/mol. The first-order valence-electron chi connectivity index (χ1n) is 11.7. The molecule has 0 aliphatic heterocycles. The predicted octanol–water partition coefficient (Wildman–Crippen LogP) is 6.33. The quantitative estimate of drug-likeness (QED) is 0.250. The van der Waals surface area contributed by atoms with Crippen molar-refractivity contribution in [3.8, 4) is 33.2 Å². The summed E-state index contributed by atoms with van der Waals surface area (Å²) in [5.74, 6) is -0.227. The summed E-state index contributed by atoms with van der Waals surface area (Å²) in [5, 5.41) is 10.6. The number of halogens is 1. The largest absolute Gasteiger partial charge is 0.337 e. The molecule has 6 aromatic rings. The Labute approximate surface area is 215 Å². The van der Waals surface area contributed by atoms with Gasteiger partial charge < -0.3 is 10.3 Å². The van der Waals surface area contributed by atoms with Gasteiger partial charge in [0.1, 0.15) is 22.4 Å². The number of nitrogens with one attached hydrogen (secondary N) is 3. The number of fused-ring (bicyclic) bond motifs is 2. The maximum Gasteiger partial charge on any atom is 0.226 e. The van der Waals surface area contributed by atoms with Crippen molar-refractivity contribution in [2.24, 2.45) is 5.92 Å². The number of carbonyl (C=O) groups is 1. The van der Waals surface area contributed by atoms with Crippen molar-refractivity contribution < 1.29 is 9.18 Å². The van der Waals surface area contributed by atoms with E-state index in [9.17, 15) is 4.79 Å². The van der Waals surface area contributed by atoms with E-state index in [1.165, 1.54) is 10.9 Å². The average Bonchev–Trinajstić information content (AvgIpc) is 3.61. The first kappa shape index (κ1) is 23.0. The number of aromatic amines is 2. The van der Waals surface area contributed by atoms with Gasteiger partial charge in [0.2, 0.25) is 5.91 Å². The Balaban J connectivity index is 1.44. The lowest BCUT2D eigenvalue weighted by Gasteiger charge is -2.09. The Hall–Kier alpha value is -4.44. The lowest BCUT2D eigenvalue weighted by atomic mass is 10.0. The number of benzene rings is 1. The Bertz CT molecular complexity index is 1800. The van der Waals surface area contributed by atoms with Crippen LogP contribution in [-0.4, -0.2) is 36.0 Å². The number of imidazole rings is 1. The fraction of sp³-hybridized carbons (Fsp3) is 0.148. The van der Waals surface area contributed by atoms with E-state index in [4.69, 9.17) is 4.98 Å². The van der Waals surface area contributed by atoms with E-state index in [0.29, 0.717) is 33.7 Å². The molecule has 1 amide bonds. The summed E-state index contributed by atoms with van der Waals surface area (Å²) in [6.07, 6.45) is 4.94. The van der Waals surface area contributed by atoms with Crippen LogP contribution >= 0.6 is 11.3 Å². The van der Waals surface area contributed by atoms with Crippen molar-refractivity contribution in [3.63, 3.8) is 0 Å². The average molecular weight is 512 g/mol. The van der Waals surface area contributed by atoms with Crippen LogP contribution in [0.3, 0.4) is 0 Å². The summed E-state index contributed by atoms with van der Waals surface area (Å²) in [6.45, 7) is 5.68. The van der Waals surface area contributed by atoms with Gasteiger partial charge in [-0.05, 0) is 48.9 Å². The number of amides is 1.